The van der Waals surface area contributed by atoms with Gasteiger partial charge in [-0.25, -0.2) is 5.84 Å². The number of nitrogens with one attached hydrogen (secondary N) is 2. The molecule has 32 heavy (non-hydrogen) atoms. The molecule has 1 atom stereocenters. The Morgan fingerprint density at radius 3 is 2.44 bits per heavy atom. The van der Waals surface area contributed by atoms with E-state index < -0.39 is 0 Å². The summed E-state index contributed by atoms with van der Waals surface area (Å²) in [6, 6.07) is 12.6. The molecule has 1 aliphatic rings. The van der Waals surface area contributed by atoms with Gasteiger partial charge in [-0.2, -0.15) is 0 Å². The Bertz CT molecular complexity index is 933. The normalized spacial score (nSPS) is 17.6. The third-order valence-electron chi connectivity index (χ3n) is 6.29. The number of anilines is 2. The van der Waals surface area contributed by atoms with Gasteiger partial charge in [-0.3, -0.25) is 0 Å². The molecule has 1 unspecified atom stereocenters. The SMILES string of the molecule is CCc1cccc(CC)c1/C(N)=C(\C1CCN(c2ccc(NC)cc2Cl)CCN1)N(C)N. The maximum Gasteiger partial charge on any atom is 0.0693 e. The van der Waals surface area contributed by atoms with Gasteiger partial charge in [-0.05, 0) is 48.6 Å². The summed E-state index contributed by atoms with van der Waals surface area (Å²) < 4.78 is 0. The van der Waals surface area contributed by atoms with E-state index in [9.17, 15) is 0 Å². The van der Waals surface area contributed by atoms with Gasteiger partial charge in [0.25, 0.3) is 0 Å². The third kappa shape index (κ3) is 5.14. The summed E-state index contributed by atoms with van der Waals surface area (Å²) in [5, 5.41) is 9.25. The number of nitrogens with two attached hydrogens (primary N) is 2. The number of aryl methyl sites for hydroxylation is 2. The van der Waals surface area contributed by atoms with Gasteiger partial charge in [0.2, 0.25) is 0 Å². The zero-order valence-corrected chi connectivity index (χ0v) is 20.5. The van der Waals surface area contributed by atoms with Gasteiger partial charge in [0.05, 0.1) is 28.1 Å². The van der Waals surface area contributed by atoms with Crippen molar-refractivity contribution in [2.24, 2.45) is 11.6 Å². The highest BCUT2D eigenvalue weighted by molar-refractivity contribution is 6.33. The Morgan fingerprint density at radius 1 is 1.19 bits per heavy atom. The molecule has 6 N–H and O–H groups in total. The summed E-state index contributed by atoms with van der Waals surface area (Å²) in [4.78, 5) is 2.33. The van der Waals surface area contributed by atoms with Gasteiger partial charge in [0.15, 0.2) is 0 Å². The molecule has 0 aliphatic carbocycles. The van der Waals surface area contributed by atoms with Gasteiger partial charge >= 0.3 is 0 Å². The van der Waals surface area contributed by atoms with Crippen LogP contribution < -0.4 is 27.1 Å². The maximum absolute atomic E-state index is 6.85. The number of likely N-dealkylation sites (N-methyl/N-ethyl adjacent to an activating group) is 1. The molecule has 1 fully saturated rings. The van der Waals surface area contributed by atoms with Crippen molar-refractivity contribution >= 4 is 28.7 Å². The van der Waals surface area contributed by atoms with Gasteiger partial charge in [0, 0.05) is 45.0 Å². The topological polar surface area (TPSA) is 82.6 Å². The second-order valence-electron chi connectivity index (χ2n) is 8.27. The van der Waals surface area contributed by atoms with Crippen LogP contribution in [0.1, 0.15) is 37.0 Å². The van der Waals surface area contributed by atoms with Crippen molar-refractivity contribution in [3.8, 4) is 0 Å². The van der Waals surface area contributed by atoms with Crippen molar-refractivity contribution in [2.45, 2.75) is 39.2 Å². The Hall–Kier alpha value is -2.41. The molecule has 1 heterocycles. The highest BCUT2D eigenvalue weighted by atomic mass is 35.5. The van der Waals surface area contributed by atoms with E-state index in [0.717, 1.165) is 72.3 Å². The fraction of sp³-hybridized carbons (Fsp3) is 0.440. The Kier molecular flexibility index (Phi) is 8.29. The van der Waals surface area contributed by atoms with Crippen LogP contribution in [0.2, 0.25) is 5.02 Å². The number of hydrazine groups is 1. The summed E-state index contributed by atoms with van der Waals surface area (Å²) in [5.41, 5.74) is 14.3. The summed E-state index contributed by atoms with van der Waals surface area (Å²) >= 11 is 6.58. The Balaban J connectivity index is 1.92. The van der Waals surface area contributed by atoms with E-state index in [1.165, 1.54) is 11.1 Å². The lowest BCUT2D eigenvalue weighted by Crippen LogP contribution is -2.42. The molecule has 0 radical (unpaired) electrons. The molecule has 7 heteroatoms. The minimum Gasteiger partial charge on any atom is -0.397 e. The molecular weight excluding hydrogens is 420 g/mol. The molecule has 1 saturated heterocycles. The standard InChI is InChI=1S/C25H37ClN6/c1-5-17-8-7-9-18(6-2)23(17)24(27)25(31(4)28)21-12-14-32(15-13-30-21)22-11-10-19(29-3)16-20(22)26/h7-11,16,21,29-30H,5-6,12-15,27-28H2,1-4H3/b25-24-. The van der Waals surface area contributed by atoms with Crippen molar-refractivity contribution in [1.29, 1.82) is 0 Å². The predicted molar refractivity (Wildman–Crippen MR) is 138 cm³/mol. The molecule has 2 aromatic rings. The van der Waals surface area contributed by atoms with E-state index in [0.29, 0.717) is 0 Å². The van der Waals surface area contributed by atoms with Crippen LogP contribution in [0.4, 0.5) is 11.4 Å². The summed E-state index contributed by atoms with van der Waals surface area (Å²) in [6.07, 6.45) is 2.73. The van der Waals surface area contributed by atoms with Crippen molar-refractivity contribution in [3.05, 3.63) is 63.8 Å². The Morgan fingerprint density at radius 2 is 1.88 bits per heavy atom. The van der Waals surface area contributed by atoms with Crippen molar-refractivity contribution in [3.63, 3.8) is 0 Å². The first-order chi connectivity index (χ1) is 15.4. The maximum atomic E-state index is 6.85. The minimum absolute atomic E-state index is 0.0555. The number of halogens is 1. The van der Waals surface area contributed by atoms with E-state index in [2.05, 4.69) is 59.7 Å². The zero-order chi connectivity index (χ0) is 23.3. The fourth-order valence-corrected chi connectivity index (χ4v) is 4.91. The van der Waals surface area contributed by atoms with Gasteiger partial charge in [0.1, 0.15) is 0 Å². The van der Waals surface area contributed by atoms with Crippen LogP contribution >= 0.6 is 11.6 Å². The number of hydrogen-bond acceptors (Lipinski definition) is 6. The van der Waals surface area contributed by atoms with Crippen LogP contribution in [0.25, 0.3) is 5.70 Å². The van der Waals surface area contributed by atoms with E-state index in [-0.39, 0.29) is 6.04 Å². The van der Waals surface area contributed by atoms with Crippen LogP contribution in [0.3, 0.4) is 0 Å². The van der Waals surface area contributed by atoms with Crippen LogP contribution in [-0.2, 0) is 12.8 Å². The average Bonchev–Trinajstić information content (AvgIpc) is 3.04. The predicted octanol–water partition coefficient (Wildman–Crippen LogP) is 3.81. The van der Waals surface area contributed by atoms with Crippen molar-refractivity contribution in [2.75, 3.05) is 43.9 Å². The first-order valence-electron chi connectivity index (χ1n) is 11.5. The first-order valence-corrected chi connectivity index (χ1v) is 11.8. The average molecular weight is 457 g/mol. The van der Waals surface area contributed by atoms with Gasteiger partial charge < -0.3 is 26.3 Å². The second-order valence-corrected chi connectivity index (χ2v) is 8.67. The number of benzene rings is 2. The molecule has 0 spiro atoms. The largest absolute Gasteiger partial charge is 0.397 e. The molecule has 0 amide bonds. The van der Waals surface area contributed by atoms with E-state index in [1.807, 2.05) is 20.2 Å². The number of hydrogen-bond donors (Lipinski definition) is 4. The van der Waals surface area contributed by atoms with Crippen LogP contribution in [0.5, 0.6) is 0 Å². The van der Waals surface area contributed by atoms with Crippen molar-refractivity contribution < 1.29 is 0 Å². The highest BCUT2D eigenvalue weighted by Gasteiger charge is 2.26. The summed E-state index contributed by atoms with van der Waals surface area (Å²) in [6.45, 7) is 6.87. The molecule has 6 nitrogen and oxygen atoms in total. The van der Waals surface area contributed by atoms with Crippen LogP contribution in [-0.4, -0.2) is 44.8 Å². The lowest BCUT2D eigenvalue weighted by atomic mass is 9.92. The van der Waals surface area contributed by atoms with Gasteiger partial charge in [-0.15, -0.1) is 0 Å². The molecule has 174 valence electrons. The smallest absolute Gasteiger partial charge is 0.0693 e. The van der Waals surface area contributed by atoms with Crippen LogP contribution in [0.15, 0.2) is 42.1 Å². The van der Waals surface area contributed by atoms with E-state index in [1.54, 1.807) is 5.01 Å². The molecule has 0 saturated carbocycles. The number of rotatable bonds is 7. The highest BCUT2D eigenvalue weighted by Crippen LogP contribution is 2.31. The fourth-order valence-electron chi connectivity index (χ4n) is 4.61. The molecule has 2 aromatic carbocycles. The zero-order valence-electron chi connectivity index (χ0n) is 19.7. The third-order valence-corrected chi connectivity index (χ3v) is 6.59. The lowest BCUT2D eigenvalue weighted by molar-refractivity contribution is 0.377. The molecule has 3 rings (SSSR count). The number of nitrogens with zero attached hydrogens (tertiary/aromatic N) is 2. The summed E-state index contributed by atoms with van der Waals surface area (Å²) in [7, 11) is 3.77. The molecule has 0 bridgehead atoms. The first kappa shape index (κ1) is 24.2. The molecule has 0 aromatic heterocycles. The Labute approximate surface area is 197 Å². The monoisotopic (exact) mass is 456 g/mol. The minimum atomic E-state index is 0.0555. The molecule has 1 aliphatic heterocycles. The van der Waals surface area contributed by atoms with E-state index in [4.69, 9.17) is 23.2 Å². The van der Waals surface area contributed by atoms with Crippen molar-refractivity contribution in [1.82, 2.24) is 10.3 Å². The van der Waals surface area contributed by atoms with Crippen LogP contribution in [0, 0.1) is 0 Å². The summed E-state index contributed by atoms with van der Waals surface area (Å²) in [5.74, 6) is 6.36. The van der Waals surface area contributed by atoms with E-state index >= 15 is 0 Å². The molecular formula is C25H37ClN6. The second kappa shape index (κ2) is 10.9. The lowest BCUT2D eigenvalue weighted by Gasteiger charge is -2.29. The van der Waals surface area contributed by atoms with Gasteiger partial charge in [-0.1, -0.05) is 43.6 Å². The quantitative estimate of drug-likeness (QED) is 0.374.